The molecular weight excluding hydrogens is 264 g/mol. The van der Waals surface area contributed by atoms with Gasteiger partial charge in [0.15, 0.2) is 5.69 Å². The van der Waals surface area contributed by atoms with Crippen LogP contribution < -0.4 is 5.73 Å². The molecule has 2 aromatic rings. The first kappa shape index (κ1) is 15.1. The van der Waals surface area contributed by atoms with Gasteiger partial charge in [-0.1, -0.05) is 32.0 Å². The fraction of sp³-hybridized carbons (Fsp3) is 0.375. The maximum absolute atomic E-state index is 12.5. The first-order valence-corrected chi connectivity index (χ1v) is 7.37. The third-order valence-electron chi connectivity index (χ3n) is 3.23. The molecule has 5 heteroatoms. The number of nitrogens with two attached hydrogens (primary N) is 1. The van der Waals surface area contributed by atoms with E-state index in [1.807, 2.05) is 35.2 Å². The highest BCUT2D eigenvalue weighted by atomic mass is 16.2. The van der Waals surface area contributed by atoms with Gasteiger partial charge in [-0.25, -0.2) is 4.68 Å². The third-order valence-corrected chi connectivity index (χ3v) is 3.23. The Hall–Kier alpha value is -2.30. The number of amides is 1. The summed E-state index contributed by atoms with van der Waals surface area (Å²) < 4.78 is 1.60. The van der Waals surface area contributed by atoms with E-state index < -0.39 is 0 Å². The summed E-state index contributed by atoms with van der Waals surface area (Å²) in [7, 11) is 0. The molecule has 1 heterocycles. The molecular formula is C16H22N4O. The van der Waals surface area contributed by atoms with Gasteiger partial charge >= 0.3 is 0 Å². The standard InChI is InChI=1S/C16H22N4O/c1-3-10-19(11-4-2)16(21)14-12-15(17)20(18-14)13-8-6-5-7-9-13/h5-9,12H,3-4,10-11,17H2,1-2H3. The summed E-state index contributed by atoms with van der Waals surface area (Å²) in [6, 6.07) is 11.2. The van der Waals surface area contributed by atoms with Gasteiger partial charge in [-0.3, -0.25) is 4.79 Å². The first-order valence-electron chi connectivity index (χ1n) is 7.37. The molecule has 112 valence electrons. The first-order chi connectivity index (χ1) is 10.2. The molecule has 2 N–H and O–H groups in total. The molecule has 0 radical (unpaired) electrons. The number of rotatable bonds is 6. The van der Waals surface area contributed by atoms with Crippen LogP contribution >= 0.6 is 0 Å². The lowest BCUT2D eigenvalue weighted by Crippen LogP contribution is -2.32. The van der Waals surface area contributed by atoms with Crippen LogP contribution in [0.3, 0.4) is 0 Å². The van der Waals surface area contributed by atoms with Crippen LogP contribution in [0, 0.1) is 0 Å². The molecule has 0 aliphatic carbocycles. The van der Waals surface area contributed by atoms with E-state index in [0.29, 0.717) is 11.5 Å². The highest BCUT2D eigenvalue weighted by molar-refractivity contribution is 5.93. The number of hydrogen-bond donors (Lipinski definition) is 1. The largest absolute Gasteiger partial charge is 0.384 e. The van der Waals surface area contributed by atoms with Crippen LogP contribution in [0.4, 0.5) is 5.82 Å². The fourth-order valence-electron chi connectivity index (χ4n) is 2.29. The van der Waals surface area contributed by atoms with Gasteiger partial charge in [-0.05, 0) is 25.0 Å². The molecule has 0 aliphatic heterocycles. The molecule has 0 fully saturated rings. The van der Waals surface area contributed by atoms with Crippen molar-refractivity contribution < 1.29 is 4.79 Å². The topological polar surface area (TPSA) is 64.2 Å². The third kappa shape index (κ3) is 3.42. The van der Waals surface area contributed by atoms with Gasteiger partial charge < -0.3 is 10.6 Å². The van der Waals surface area contributed by atoms with E-state index in [0.717, 1.165) is 31.6 Å². The van der Waals surface area contributed by atoms with Crippen molar-refractivity contribution in [1.29, 1.82) is 0 Å². The average Bonchev–Trinajstić information content (AvgIpc) is 2.89. The minimum Gasteiger partial charge on any atom is -0.384 e. The van der Waals surface area contributed by atoms with Crippen molar-refractivity contribution in [2.75, 3.05) is 18.8 Å². The van der Waals surface area contributed by atoms with E-state index in [1.165, 1.54) is 0 Å². The Morgan fingerprint density at radius 1 is 1.19 bits per heavy atom. The second kappa shape index (κ2) is 6.92. The number of para-hydroxylation sites is 1. The van der Waals surface area contributed by atoms with Crippen LogP contribution in [0.25, 0.3) is 5.69 Å². The van der Waals surface area contributed by atoms with Gasteiger partial charge in [0.1, 0.15) is 5.82 Å². The Kier molecular flexibility index (Phi) is 4.98. The van der Waals surface area contributed by atoms with Crippen LogP contribution in [0.1, 0.15) is 37.2 Å². The molecule has 0 spiro atoms. The Morgan fingerprint density at radius 3 is 2.38 bits per heavy atom. The van der Waals surface area contributed by atoms with Gasteiger partial charge in [0.25, 0.3) is 5.91 Å². The molecule has 1 aromatic carbocycles. The quantitative estimate of drug-likeness (QED) is 0.888. The Bertz CT molecular complexity index is 586. The summed E-state index contributed by atoms with van der Waals surface area (Å²) in [6.45, 7) is 5.61. The van der Waals surface area contributed by atoms with E-state index in [9.17, 15) is 4.79 Å². The average molecular weight is 286 g/mol. The zero-order valence-corrected chi connectivity index (χ0v) is 12.6. The van der Waals surface area contributed by atoms with E-state index >= 15 is 0 Å². The molecule has 1 amide bonds. The van der Waals surface area contributed by atoms with E-state index in [1.54, 1.807) is 10.7 Å². The van der Waals surface area contributed by atoms with Crippen LogP contribution in [0.5, 0.6) is 0 Å². The number of nitrogens with zero attached hydrogens (tertiary/aromatic N) is 3. The zero-order valence-electron chi connectivity index (χ0n) is 12.6. The molecule has 0 aliphatic rings. The van der Waals surface area contributed by atoms with Crippen LogP contribution in [0.2, 0.25) is 0 Å². The molecule has 0 saturated heterocycles. The van der Waals surface area contributed by atoms with Crippen molar-refractivity contribution in [2.45, 2.75) is 26.7 Å². The van der Waals surface area contributed by atoms with E-state index in [4.69, 9.17) is 5.73 Å². The van der Waals surface area contributed by atoms with E-state index in [2.05, 4.69) is 18.9 Å². The van der Waals surface area contributed by atoms with Gasteiger partial charge in [-0.15, -0.1) is 0 Å². The minimum atomic E-state index is -0.0555. The predicted octanol–water partition coefficient (Wildman–Crippen LogP) is 2.72. The lowest BCUT2D eigenvalue weighted by molar-refractivity contribution is 0.0749. The van der Waals surface area contributed by atoms with Crippen molar-refractivity contribution in [3.05, 3.63) is 42.1 Å². The highest BCUT2D eigenvalue weighted by Gasteiger charge is 2.19. The summed E-state index contributed by atoms with van der Waals surface area (Å²) in [6.07, 6.45) is 1.86. The molecule has 0 bridgehead atoms. The van der Waals surface area contributed by atoms with Gasteiger partial charge in [0.05, 0.1) is 5.69 Å². The normalized spacial score (nSPS) is 10.6. The Morgan fingerprint density at radius 2 is 1.81 bits per heavy atom. The van der Waals surface area contributed by atoms with Crippen molar-refractivity contribution in [3.63, 3.8) is 0 Å². The lowest BCUT2D eigenvalue weighted by atomic mass is 10.3. The van der Waals surface area contributed by atoms with Crippen LogP contribution in [-0.4, -0.2) is 33.7 Å². The molecule has 0 unspecified atom stereocenters. The smallest absolute Gasteiger partial charge is 0.274 e. The number of nitrogen functional groups attached to an aromatic ring is 1. The van der Waals surface area contributed by atoms with Gasteiger partial charge in [0.2, 0.25) is 0 Å². The summed E-state index contributed by atoms with van der Waals surface area (Å²) in [5.41, 5.74) is 7.24. The van der Waals surface area contributed by atoms with E-state index in [-0.39, 0.29) is 5.91 Å². The number of aromatic nitrogens is 2. The molecule has 0 saturated carbocycles. The highest BCUT2D eigenvalue weighted by Crippen LogP contribution is 2.15. The van der Waals surface area contributed by atoms with Crippen molar-refractivity contribution >= 4 is 11.7 Å². The van der Waals surface area contributed by atoms with Crippen LogP contribution in [0.15, 0.2) is 36.4 Å². The number of carbonyl (C=O) groups excluding carboxylic acids is 1. The Balaban J connectivity index is 2.27. The minimum absolute atomic E-state index is 0.0555. The predicted molar refractivity (Wildman–Crippen MR) is 84.5 cm³/mol. The second-order valence-electron chi connectivity index (χ2n) is 4.99. The molecule has 2 rings (SSSR count). The molecule has 0 atom stereocenters. The lowest BCUT2D eigenvalue weighted by Gasteiger charge is -2.20. The van der Waals surface area contributed by atoms with Crippen LogP contribution in [-0.2, 0) is 0 Å². The maximum atomic E-state index is 12.5. The summed E-state index contributed by atoms with van der Waals surface area (Å²) in [5, 5.41) is 4.37. The summed E-state index contributed by atoms with van der Waals surface area (Å²) >= 11 is 0. The number of carbonyl (C=O) groups is 1. The summed E-state index contributed by atoms with van der Waals surface area (Å²) in [5.74, 6) is 0.414. The van der Waals surface area contributed by atoms with Gasteiger partial charge in [-0.2, -0.15) is 5.10 Å². The molecule has 5 nitrogen and oxygen atoms in total. The number of hydrogen-bond acceptors (Lipinski definition) is 3. The molecule has 1 aromatic heterocycles. The Labute approximate surface area is 125 Å². The SMILES string of the molecule is CCCN(CCC)C(=O)c1cc(N)n(-c2ccccc2)n1. The molecule has 21 heavy (non-hydrogen) atoms. The zero-order chi connectivity index (χ0) is 15.2. The monoisotopic (exact) mass is 286 g/mol. The number of benzene rings is 1. The van der Waals surface area contributed by atoms with Crippen molar-refractivity contribution in [1.82, 2.24) is 14.7 Å². The second-order valence-corrected chi connectivity index (χ2v) is 4.99. The summed E-state index contributed by atoms with van der Waals surface area (Å²) in [4.78, 5) is 14.3. The number of anilines is 1. The van der Waals surface area contributed by atoms with Gasteiger partial charge in [0, 0.05) is 19.2 Å². The maximum Gasteiger partial charge on any atom is 0.274 e. The van der Waals surface area contributed by atoms with Crippen molar-refractivity contribution in [2.24, 2.45) is 0 Å². The fourth-order valence-corrected chi connectivity index (χ4v) is 2.29. The van der Waals surface area contributed by atoms with Crippen molar-refractivity contribution in [3.8, 4) is 5.69 Å².